The summed E-state index contributed by atoms with van der Waals surface area (Å²) in [5.41, 5.74) is 3.15. The first-order valence-electron chi connectivity index (χ1n) is 5.70. The molecule has 3 heteroatoms. The van der Waals surface area contributed by atoms with Crippen molar-refractivity contribution < 1.29 is 0 Å². The van der Waals surface area contributed by atoms with Crippen molar-refractivity contribution in [3.8, 4) is 22.5 Å². The van der Waals surface area contributed by atoms with Gasteiger partial charge < -0.3 is 4.98 Å². The summed E-state index contributed by atoms with van der Waals surface area (Å²) in [5.74, 6) is 0.852. The molecule has 0 amide bonds. The van der Waals surface area contributed by atoms with Crippen molar-refractivity contribution in [3.63, 3.8) is 0 Å². The number of nitrogens with zero attached hydrogens (tertiary/aromatic N) is 1. The zero-order valence-corrected chi connectivity index (χ0v) is 10.4. The van der Waals surface area contributed by atoms with E-state index in [-0.39, 0.29) is 0 Å². The number of hydrogen-bond donors (Lipinski definition) is 1. The molecule has 0 spiro atoms. The van der Waals surface area contributed by atoms with E-state index < -0.39 is 0 Å². The molecule has 1 heterocycles. The van der Waals surface area contributed by atoms with Crippen LogP contribution in [0.4, 0.5) is 0 Å². The molecule has 0 atom stereocenters. The second-order valence-electron chi connectivity index (χ2n) is 3.96. The van der Waals surface area contributed by atoms with Gasteiger partial charge in [0.15, 0.2) is 0 Å². The van der Waals surface area contributed by atoms with Crippen LogP contribution < -0.4 is 0 Å². The van der Waals surface area contributed by atoms with Gasteiger partial charge in [-0.05, 0) is 11.6 Å². The number of halogens is 1. The highest BCUT2D eigenvalue weighted by Gasteiger charge is 2.10. The van der Waals surface area contributed by atoms with Crippen LogP contribution in [0.1, 0.15) is 0 Å². The molecule has 0 radical (unpaired) electrons. The molecule has 0 aliphatic rings. The predicted octanol–water partition coefficient (Wildman–Crippen LogP) is 4.40. The van der Waals surface area contributed by atoms with Gasteiger partial charge >= 0.3 is 0 Å². The number of hydrogen-bond acceptors (Lipinski definition) is 1. The Morgan fingerprint density at radius 1 is 0.833 bits per heavy atom. The van der Waals surface area contributed by atoms with E-state index in [2.05, 4.69) is 16.0 Å². The van der Waals surface area contributed by atoms with Crippen molar-refractivity contribution in [2.24, 2.45) is 0 Å². The summed E-state index contributed by atoms with van der Waals surface area (Å²) in [6.45, 7) is 0. The first-order valence-corrected chi connectivity index (χ1v) is 6.08. The number of rotatable bonds is 2. The van der Waals surface area contributed by atoms with E-state index in [9.17, 15) is 0 Å². The number of benzene rings is 2. The minimum Gasteiger partial charge on any atom is -0.345 e. The van der Waals surface area contributed by atoms with E-state index in [1.54, 1.807) is 6.20 Å². The summed E-state index contributed by atoms with van der Waals surface area (Å²) >= 11 is 6.26. The molecule has 0 aliphatic heterocycles. The van der Waals surface area contributed by atoms with Gasteiger partial charge in [0, 0.05) is 28.5 Å². The highest BCUT2D eigenvalue weighted by molar-refractivity contribution is 6.33. The fourth-order valence-electron chi connectivity index (χ4n) is 2.02. The molecule has 0 bridgehead atoms. The average Bonchev–Trinajstić information content (AvgIpc) is 2.93. The third-order valence-electron chi connectivity index (χ3n) is 2.84. The highest BCUT2D eigenvalue weighted by Crippen LogP contribution is 2.34. The fraction of sp³-hybridized carbons (Fsp3) is 0. The van der Waals surface area contributed by atoms with Gasteiger partial charge in [0.2, 0.25) is 0 Å². The van der Waals surface area contributed by atoms with Crippen LogP contribution in [0.15, 0.2) is 60.9 Å². The standard InChI is InChI=1S/C15H11ClN2/c16-14-8-4-3-6-12(14)11-5-1-2-7-13(11)15-17-9-10-18-15/h1-10H,(H,17,18). The maximum absolute atomic E-state index is 6.26. The lowest BCUT2D eigenvalue weighted by Crippen LogP contribution is -1.87. The molecule has 0 saturated carbocycles. The zero-order valence-electron chi connectivity index (χ0n) is 9.60. The van der Waals surface area contributed by atoms with Gasteiger partial charge in [-0.2, -0.15) is 0 Å². The Bertz CT molecular complexity index is 660. The normalized spacial score (nSPS) is 10.5. The molecule has 3 rings (SSSR count). The van der Waals surface area contributed by atoms with Crippen LogP contribution in [-0.2, 0) is 0 Å². The third kappa shape index (κ3) is 1.91. The quantitative estimate of drug-likeness (QED) is 0.722. The van der Waals surface area contributed by atoms with E-state index >= 15 is 0 Å². The second kappa shape index (κ2) is 4.67. The van der Waals surface area contributed by atoms with Gasteiger partial charge in [0.1, 0.15) is 5.82 Å². The predicted molar refractivity (Wildman–Crippen MR) is 74.5 cm³/mol. The Morgan fingerprint density at radius 3 is 2.17 bits per heavy atom. The van der Waals surface area contributed by atoms with Gasteiger partial charge in [-0.3, -0.25) is 0 Å². The van der Waals surface area contributed by atoms with Gasteiger partial charge in [0.25, 0.3) is 0 Å². The number of aromatic amines is 1. The van der Waals surface area contributed by atoms with Crippen LogP contribution in [-0.4, -0.2) is 9.97 Å². The molecular formula is C15H11ClN2. The van der Waals surface area contributed by atoms with Gasteiger partial charge in [0.05, 0.1) is 0 Å². The molecule has 0 fully saturated rings. The van der Waals surface area contributed by atoms with Crippen LogP contribution in [0.5, 0.6) is 0 Å². The van der Waals surface area contributed by atoms with Crippen LogP contribution in [0, 0.1) is 0 Å². The lowest BCUT2D eigenvalue weighted by Gasteiger charge is -2.09. The van der Waals surface area contributed by atoms with Crippen molar-refractivity contribution in [2.75, 3.05) is 0 Å². The molecule has 0 saturated heterocycles. The Morgan fingerprint density at radius 2 is 1.50 bits per heavy atom. The lowest BCUT2D eigenvalue weighted by atomic mass is 9.99. The number of aromatic nitrogens is 2. The lowest BCUT2D eigenvalue weighted by molar-refractivity contribution is 1.31. The maximum atomic E-state index is 6.26. The van der Waals surface area contributed by atoms with Crippen molar-refractivity contribution >= 4 is 11.6 Å². The zero-order chi connectivity index (χ0) is 12.4. The first-order chi connectivity index (χ1) is 8.86. The van der Waals surface area contributed by atoms with E-state index in [4.69, 9.17) is 11.6 Å². The van der Waals surface area contributed by atoms with Crippen molar-refractivity contribution in [2.45, 2.75) is 0 Å². The smallest absolute Gasteiger partial charge is 0.137 e. The Balaban J connectivity index is 2.22. The third-order valence-corrected chi connectivity index (χ3v) is 3.17. The molecule has 1 N–H and O–H groups in total. The first kappa shape index (κ1) is 11.1. The fourth-order valence-corrected chi connectivity index (χ4v) is 2.25. The van der Waals surface area contributed by atoms with Crippen molar-refractivity contribution in [1.29, 1.82) is 0 Å². The summed E-state index contributed by atoms with van der Waals surface area (Å²) in [7, 11) is 0. The van der Waals surface area contributed by atoms with Crippen LogP contribution in [0.25, 0.3) is 22.5 Å². The van der Waals surface area contributed by atoms with E-state index in [0.29, 0.717) is 0 Å². The highest BCUT2D eigenvalue weighted by atomic mass is 35.5. The summed E-state index contributed by atoms with van der Waals surface area (Å²) < 4.78 is 0. The summed E-state index contributed by atoms with van der Waals surface area (Å²) in [5, 5.41) is 0.747. The minimum atomic E-state index is 0.747. The maximum Gasteiger partial charge on any atom is 0.137 e. The summed E-state index contributed by atoms with van der Waals surface area (Å²) in [4.78, 5) is 7.43. The SMILES string of the molecule is Clc1ccccc1-c1ccccc1-c1ncc[nH]1. The second-order valence-corrected chi connectivity index (χ2v) is 4.37. The van der Waals surface area contributed by atoms with Gasteiger partial charge in [-0.15, -0.1) is 0 Å². The number of imidazole rings is 1. The van der Waals surface area contributed by atoms with E-state index in [1.165, 1.54) is 0 Å². The van der Waals surface area contributed by atoms with E-state index in [1.807, 2.05) is 48.7 Å². The molecule has 18 heavy (non-hydrogen) atoms. The molecule has 2 aromatic carbocycles. The molecule has 0 aliphatic carbocycles. The van der Waals surface area contributed by atoms with Crippen LogP contribution in [0.3, 0.4) is 0 Å². The molecule has 2 nitrogen and oxygen atoms in total. The number of H-pyrrole nitrogens is 1. The van der Waals surface area contributed by atoms with Gasteiger partial charge in [-0.25, -0.2) is 4.98 Å². The minimum absolute atomic E-state index is 0.747. The topological polar surface area (TPSA) is 28.7 Å². The van der Waals surface area contributed by atoms with E-state index in [0.717, 1.165) is 27.5 Å². The van der Waals surface area contributed by atoms with Crippen LogP contribution in [0.2, 0.25) is 5.02 Å². The Labute approximate surface area is 110 Å². The molecular weight excluding hydrogens is 244 g/mol. The largest absolute Gasteiger partial charge is 0.345 e. The molecule has 88 valence electrons. The monoisotopic (exact) mass is 254 g/mol. The molecule has 0 unspecified atom stereocenters. The van der Waals surface area contributed by atoms with Gasteiger partial charge in [-0.1, -0.05) is 54.1 Å². The molecule has 3 aromatic rings. The Kier molecular flexibility index (Phi) is 2.87. The summed E-state index contributed by atoms with van der Waals surface area (Å²) in [6, 6.07) is 15.9. The Hall–Kier alpha value is -2.06. The van der Waals surface area contributed by atoms with Crippen LogP contribution >= 0.6 is 11.6 Å². The average molecular weight is 255 g/mol. The molecule has 1 aromatic heterocycles. The van der Waals surface area contributed by atoms with Crippen molar-refractivity contribution in [3.05, 3.63) is 65.9 Å². The van der Waals surface area contributed by atoms with Crippen molar-refractivity contribution in [1.82, 2.24) is 9.97 Å². The number of nitrogens with one attached hydrogen (secondary N) is 1. The summed E-state index contributed by atoms with van der Waals surface area (Å²) in [6.07, 6.45) is 3.57.